The second-order valence-corrected chi connectivity index (χ2v) is 4.60. The molecule has 10 heteroatoms. The second-order valence-electron chi connectivity index (χ2n) is 4.60. The summed E-state index contributed by atoms with van der Waals surface area (Å²) in [5, 5.41) is 27.2. The van der Waals surface area contributed by atoms with Crippen LogP contribution in [0.5, 0.6) is 0 Å². The molecule has 1 heterocycles. The molecule has 0 saturated heterocycles. The zero-order valence-corrected chi connectivity index (χ0v) is 11.4. The molecule has 1 aromatic carbocycles. The smallest absolute Gasteiger partial charge is 0.336 e. The Bertz CT molecular complexity index is 686. The van der Waals surface area contributed by atoms with Crippen molar-refractivity contribution in [3.05, 3.63) is 27.8 Å². The maximum atomic E-state index is 11.7. The molecule has 4 N–H and O–H groups in total. The van der Waals surface area contributed by atoms with Gasteiger partial charge in [0.15, 0.2) is 0 Å². The topological polar surface area (TPSA) is 151 Å². The van der Waals surface area contributed by atoms with E-state index in [-0.39, 0.29) is 29.5 Å². The van der Waals surface area contributed by atoms with Crippen LogP contribution in [0, 0.1) is 10.1 Å². The summed E-state index contributed by atoms with van der Waals surface area (Å²) >= 11 is 0. The number of fused-ring (bicyclic) bond motifs is 1. The van der Waals surface area contributed by atoms with Gasteiger partial charge in [-0.2, -0.15) is 0 Å². The molecule has 10 nitrogen and oxygen atoms in total. The Balaban J connectivity index is 2.48. The SMILES string of the molecule is CC(=O)NCc1cc([N+](=O)[O-])cc2c1NC(C(=O)O)C(=O)N2. The van der Waals surface area contributed by atoms with Gasteiger partial charge in [-0.15, -0.1) is 0 Å². The molecule has 1 aliphatic rings. The van der Waals surface area contributed by atoms with Crippen molar-refractivity contribution in [2.45, 2.75) is 19.5 Å². The third-order valence-electron chi connectivity index (χ3n) is 3.00. The highest BCUT2D eigenvalue weighted by Gasteiger charge is 2.33. The van der Waals surface area contributed by atoms with Crippen molar-refractivity contribution in [1.82, 2.24) is 5.32 Å². The van der Waals surface area contributed by atoms with Gasteiger partial charge in [-0.3, -0.25) is 19.7 Å². The quantitative estimate of drug-likeness (QED) is 0.348. The van der Waals surface area contributed by atoms with Crippen LogP contribution in [0.25, 0.3) is 0 Å². The molecule has 1 aliphatic heterocycles. The zero-order chi connectivity index (χ0) is 16.4. The van der Waals surface area contributed by atoms with E-state index in [0.29, 0.717) is 5.56 Å². The van der Waals surface area contributed by atoms with Crippen molar-refractivity contribution in [3.63, 3.8) is 0 Å². The minimum absolute atomic E-state index is 0.0471. The normalized spacial score (nSPS) is 16.0. The van der Waals surface area contributed by atoms with Crippen molar-refractivity contribution < 1.29 is 24.4 Å². The largest absolute Gasteiger partial charge is 0.479 e. The van der Waals surface area contributed by atoms with Crippen molar-refractivity contribution in [1.29, 1.82) is 0 Å². The minimum Gasteiger partial charge on any atom is -0.479 e. The van der Waals surface area contributed by atoms with Crippen LogP contribution in [0.1, 0.15) is 12.5 Å². The number of carboxylic acids is 1. The van der Waals surface area contributed by atoms with E-state index in [0.717, 1.165) is 6.07 Å². The number of benzene rings is 1. The van der Waals surface area contributed by atoms with Gasteiger partial charge in [-0.05, 0) is 0 Å². The summed E-state index contributed by atoms with van der Waals surface area (Å²) < 4.78 is 0. The Morgan fingerprint density at radius 3 is 2.68 bits per heavy atom. The third kappa shape index (κ3) is 2.95. The number of hydrogen-bond acceptors (Lipinski definition) is 6. The maximum Gasteiger partial charge on any atom is 0.336 e. The van der Waals surface area contributed by atoms with Gasteiger partial charge >= 0.3 is 5.97 Å². The first-order chi connectivity index (χ1) is 10.3. The lowest BCUT2D eigenvalue weighted by atomic mass is 10.0. The molecule has 1 aromatic rings. The van der Waals surface area contributed by atoms with Crippen LogP contribution in [0.15, 0.2) is 12.1 Å². The van der Waals surface area contributed by atoms with Crippen LogP contribution in [-0.4, -0.2) is 33.9 Å². The van der Waals surface area contributed by atoms with Gasteiger partial charge in [0.25, 0.3) is 11.6 Å². The lowest BCUT2D eigenvalue weighted by Gasteiger charge is -2.26. The first kappa shape index (κ1) is 15.2. The third-order valence-corrected chi connectivity index (χ3v) is 3.00. The number of aliphatic carboxylic acids is 1. The summed E-state index contributed by atoms with van der Waals surface area (Å²) in [7, 11) is 0. The van der Waals surface area contributed by atoms with Crippen molar-refractivity contribution in [2.75, 3.05) is 10.6 Å². The molecule has 2 rings (SSSR count). The molecule has 22 heavy (non-hydrogen) atoms. The second kappa shape index (κ2) is 5.68. The minimum atomic E-state index is -1.51. The molecule has 0 bridgehead atoms. The fourth-order valence-electron chi connectivity index (χ4n) is 2.01. The first-order valence-electron chi connectivity index (χ1n) is 6.15. The number of non-ortho nitro benzene ring substituents is 1. The number of nitro benzene ring substituents is 1. The van der Waals surface area contributed by atoms with Crippen molar-refractivity contribution in [3.8, 4) is 0 Å². The standard InChI is InChI=1S/C12H12N4O6/c1-5(17)13-4-6-2-7(16(21)22)3-8-9(6)15-10(12(19)20)11(18)14-8/h2-3,10,15H,4H2,1H3,(H,13,17)(H,14,18)(H,19,20). The molecular formula is C12H12N4O6. The Morgan fingerprint density at radius 2 is 2.14 bits per heavy atom. The summed E-state index contributed by atoms with van der Waals surface area (Å²) in [6.07, 6.45) is 0. The molecule has 0 saturated carbocycles. The Morgan fingerprint density at radius 1 is 1.45 bits per heavy atom. The number of nitrogens with one attached hydrogen (secondary N) is 3. The fourth-order valence-corrected chi connectivity index (χ4v) is 2.01. The van der Waals surface area contributed by atoms with E-state index >= 15 is 0 Å². The highest BCUT2D eigenvalue weighted by atomic mass is 16.6. The van der Waals surface area contributed by atoms with Gasteiger partial charge in [0.2, 0.25) is 11.9 Å². The summed E-state index contributed by atoms with van der Waals surface area (Å²) in [6, 6.07) is 0.818. The van der Waals surface area contributed by atoms with Gasteiger partial charge in [0.05, 0.1) is 16.3 Å². The van der Waals surface area contributed by atoms with E-state index in [1.54, 1.807) is 0 Å². The fraction of sp³-hybridized carbons (Fsp3) is 0.250. The summed E-state index contributed by atoms with van der Waals surface area (Å²) in [5.74, 6) is -2.56. The molecule has 116 valence electrons. The summed E-state index contributed by atoms with van der Waals surface area (Å²) in [4.78, 5) is 44.0. The predicted octanol–water partition coefficient (Wildman–Crippen LogP) is 0.0481. The molecule has 2 amide bonds. The number of carbonyl (C=O) groups is 3. The van der Waals surface area contributed by atoms with E-state index in [1.165, 1.54) is 13.0 Å². The highest BCUT2D eigenvalue weighted by Crippen LogP contribution is 2.34. The van der Waals surface area contributed by atoms with Crippen LogP contribution in [-0.2, 0) is 20.9 Å². The van der Waals surface area contributed by atoms with Crippen LogP contribution in [0.3, 0.4) is 0 Å². The van der Waals surface area contributed by atoms with Crippen LogP contribution >= 0.6 is 0 Å². The molecule has 1 unspecified atom stereocenters. The van der Waals surface area contributed by atoms with Crippen LogP contribution < -0.4 is 16.0 Å². The molecule has 0 spiro atoms. The molecule has 0 fully saturated rings. The average Bonchev–Trinajstić information content (AvgIpc) is 2.42. The zero-order valence-electron chi connectivity index (χ0n) is 11.4. The number of rotatable bonds is 4. The number of nitro groups is 1. The van der Waals surface area contributed by atoms with Gasteiger partial charge in [-0.1, -0.05) is 0 Å². The lowest BCUT2D eigenvalue weighted by Crippen LogP contribution is -2.45. The number of carboxylic acid groups (broad SMARTS) is 1. The van der Waals surface area contributed by atoms with E-state index in [9.17, 15) is 24.5 Å². The number of nitrogens with zero attached hydrogens (tertiary/aromatic N) is 1. The van der Waals surface area contributed by atoms with Gasteiger partial charge in [0, 0.05) is 31.2 Å². The van der Waals surface area contributed by atoms with E-state index < -0.39 is 22.8 Å². The van der Waals surface area contributed by atoms with Gasteiger partial charge in [0.1, 0.15) is 0 Å². The summed E-state index contributed by atoms with van der Waals surface area (Å²) in [5.41, 5.74) is 0.337. The Hall–Kier alpha value is -3.17. The lowest BCUT2D eigenvalue weighted by molar-refractivity contribution is -0.384. The van der Waals surface area contributed by atoms with E-state index in [1.807, 2.05) is 0 Å². The van der Waals surface area contributed by atoms with Gasteiger partial charge < -0.3 is 21.1 Å². The molecule has 1 atom stereocenters. The van der Waals surface area contributed by atoms with E-state index in [4.69, 9.17) is 5.11 Å². The average molecular weight is 308 g/mol. The predicted molar refractivity (Wildman–Crippen MR) is 74.3 cm³/mol. The number of carbonyl (C=O) groups excluding carboxylic acids is 2. The molecule has 0 aliphatic carbocycles. The number of anilines is 2. The molecule has 0 aromatic heterocycles. The maximum absolute atomic E-state index is 11.7. The summed E-state index contributed by atoms with van der Waals surface area (Å²) in [6.45, 7) is 1.23. The van der Waals surface area contributed by atoms with Gasteiger partial charge in [-0.25, -0.2) is 4.79 Å². The van der Waals surface area contributed by atoms with Crippen molar-refractivity contribution >= 4 is 34.8 Å². The number of amides is 2. The highest BCUT2D eigenvalue weighted by molar-refractivity contribution is 6.14. The first-order valence-corrected chi connectivity index (χ1v) is 6.15. The monoisotopic (exact) mass is 308 g/mol. The number of hydrogen-bond donors (Lipinski definition) is 4. The van der Waals surface area contributed by atoms with Crippen LogP contribution in [0.4, 0.5) is 17.1 Å². The van der Waals surface area contributed by atoms with Crippen molar-refractivity contribution in [2.24, 2.45) is 0 Å². The molecular weight excluding hydrogens is 296 g/mol. The Labute approximate surface area is 123 Å². The molecule has 0 radical (unpaired) electrons. The van der Waals surface area contributed by atoms with Crippen LogP contribution in [0.2, 0.25) is 0 Å². The Kier molecular flexibility index (Phi) is 3.93. The van der Waals surface area contributed by atoms with E-state index in [2.05, 4.69) is 16.0 Å².